The summed E-state index contributed by atoms with van der Waals surface area (Å²) in [4.78, 5) is 44.0. The molecule has 33 heavy (non-hydrogen) atoms. The van der Waals surface area contributed by atoms with Crippen molar-refractivity contribution in [2.24, 2.45) is 0 Å². The van der Waals surface area contributed by atoms with Crippen LogP contribution in [0, 0.1) is 5.82 Å². The minimum Gasteiger partial charge on any atom is -0.321 e. The van der Waals surface area contributed by atoms with Gasteiger partial charge in [0, 0.05) is 27.6 Å². The summed E-state index contributed by atoms with van der Waals surface area (Å²) < 4.78 is 15.2. The molecule has 0 aliphatic heterocycles. The van der Waals surface area contributed by atoms with Gasteiger partial charge < -0.3 is 10.6 Å². The van der Waals surface area contributed by atoms with Crippen molar-refractivity contribution in [2.75, 3.05) is 10.6 Å². The van der Waals surface area contributed by atoms with Crippen LogP contribution in [-0.2, 0) is 6.42 Å². The van der Waals surface area contributed by atoms with Crippen molar-refractivity contribution in [3.63, 3.8) is 0 Å². The topological polar surface area (TPSA) is 92.6 Å². The number of hydrogen-bond acceptors (Lipinski definition) is 5. The fourth-order valence-corrected chi connectivity index (χ4v) is 4.52. The van der Waals surface area contributed by atoms with Crippen LogP contribution >= 0.6 is 27.3 Å². The van der Waals surface area contributed by atoms with Crippen molar-refractivity contribution < 1.29 is 14.0 Å². The maximum absolute atomic E-state index is 13.2. The second-order valence-corrected chi connectivity index (χ2v) is 9.05. The van der Waals surface area contributed by atoms with Crippen LogP contribution in [0.2, 0.25) is 0 Å². The van der Waals surface area contributed by atoms with Crippen molar-refractivity contribution in [3.8, 4) is 0 Å². The molecule has 0 bridgehead atoms. The third kappa shape index (κ3) is 5.01. The van der Waals surface area contributed by atoms with Crippen LogP contribution < -0.4 is 16.2 Å². The van der Waals surface area contributed by atoms with Gasteiger partial charge in [-0.25, -0.2) is 13.8 Å². The summed E-state index contributed by atoms with van der Waals surface area (Å²) >= 11 is 4.28. The maximum Gasteiger partial charge on any atom is 0.274 e. The molecule has 0 saturated carbocycles. The van der Waals surface area contributed by atoms with Crippen LogP contribution in [0.5, 0.6) is 0 Å². The first-order chi connectivity index (χ1) is 15.9. The Morgan fingerprint density at radius 3 is 2.27 bits per heavy atom. The van der Waals surface area contributed by atoms with Crippen LogP contribution in [0.25, 0.3) is 4.96 Å². The number of hydrogen-bond donors (Lipinski definition) is 2. The van der Waals surface area contributed by atoms with E-state index in [4.69, 9.17) is 0 Å². The normalized spacial score (nSPS) is 10.9. The molecular weight excluding hydrogens is 511 g/mol. The Morgan fingerprint density at radius 1 is 1.03 bits per heavy atom. The highest BCUT2D eigenvalue weighted by atomic mass is 79.9. The molecule has 2 aromatic carbocycles. The number of halogens is 2. The molecule has 4 aromatic rings. The summed E-state index contributed by atoms with van der Waals surface area (Å²) in [6.07, 6.45) is 1.39. The summed E-state index contributed by atoms with van der Waals surface area (Å²) in [7, 11) is 0. The fourth-order valence-electron chi connectivity index (χ4n) is 3.21. The second kappa shape index (κ2) is 9.63. The highest BCUT2D eigenvalue weighted by Crippen LogP contribution is 2.25. The molecule has 0 fully saturated rings. The third-order valence-electron chi connectivity index (χ3n) is 4.70. The highest BCUT2D eigenvalue weighted by molar-refractivity contribution is 9.10. The Balaban J connectivity index is 1.79. The predicted molar refractivity (Wildman–Crippen MR) is 130 cm³/mol. The number of thiazole rings is 1. The summed E-state index contributed by atoms with van der Waals surface area (Å²) in [6.45, 7) is 1.97. The minimum atomic E-state index is -0.625. The van der Waals surface area contributed by atoms with Gasteiger partial charge in [-0.1, -0.05) is 40.6 Å². The van der Waals surface area contributed by atoms with Gasteiger partial charge in [-0.15, -0.1) is 0 Å². The van der Waals surface area contributed by atoms with E-state index in [-0.39, 0.29) is 15.5 Å². The number of anilines is 2. The third-order valence-corrected chi connectivity index (χ3v) is 6.27. The van der Waals surface area contributed by atoms with E-state index >= 15 is 0 Å². The lowest BCUT2D eigenvalue weighted by Crippen LogP contribution is -2.25. The Bertz CT molecular complexity index is 1400. The molecule has 4 rings (SSSR count). The highest BCUT2D eigenvalue weighted by Gasteiger charge is 2.26. The molecule has 0 unspecified atom stereocenters. The van der Waals surface area contributed by atoms with Crippen LogP contribution in [0.3, 0.4) is 0 Å². The molecule has 0 saturated heterocycles. The SMILES string of the molecule is CCCc1cc(=O)n2c(C(=O)Nc3ccc(Br)cc3)c(C(=O)Nc3ccc(F)cc3)sc2n1. The van der Waals surface area contributed by atoms with E-state index in [0.29, 0.717) is 23.5 Å². The number of amides is 2. The molecule has 10 heteroatoms. The van der Waals surface area contributed by atoms with Crippen molar-refractivity contribution >= 4 is 55.4 Å². The van der Waals surface area contributed by atoms with Gasteiger partial charge >= 0.3 is 0 Å². The van der Waals surface area contributed by atoms with Gasteiger partial charge in [0.15, 0.2) is 4.96 Å². The molecule has 0 radical (unpaired) electrons. The molecule has 0 atom stereocenters. The first kappa shape index (κ1) is 22.8. The van der Waals surface area contributed by atoms with Gasteiger partial charge in [0.2, 0.25) is 0 Å². The fraction of sp³-hybridized carbons (Fsp3) is 0.130. The summed E-state index contributed by atoms with van der Waals surface area (Å²) in [5.74, 6) is -1.67. The molecule has 2 heterocycles. The average Bonchev–Trinajstić information content (AvgIpc) is 3.17. The molecule has 0 spiro atoms. The lowest BCUT2D eigenvalue weighted by molar-refractivity contribution is 0.0989. The number of rotatable bonds is 6. The standard InChI is InChI=1S/C23H18BrFN4O3S/c1-2-3-17-12-18(30)29-19(21(31)26-15-8-4-13(24)5-9-15)20(33-23(29)28-17)22(32)27-16-10-6-14(25)7-11-16/h4-12H,2-3H2,1H3,(H,26,31)(H,27,32). The molecule has 2 N–H and O–H groups in total. The van der Waals surface area contributed by atoms with Gasteiger partial charge in [0.1, 0.15) is 16.4 Å². The van der Waals surface area contributed by atoms with Crippen molar-refractivity contribution in [1.29, 1.82) is 0 Å². The largest absolute Gasteiger partial charge is 0.321 e. The Hall–Kier alpha value is -3.37. The maximum atomic E-state index is 13.2. The lowest BCUT2D eigenvalue weighted by Gasteiger charge is -2.08. The van der Waals surface area contributed by atoms with Crippen LogP contribution in [0.15, 0.2) is 63.9 Å². The zero-order valence-corrected chi connectivity index (χ0v) is 19.8. The second-order valence-electron chi connectivity index (χ2n) is 7.16. The molecule has 2 amide bonds. The lowest BCUT2D eigenvalue weighted by atomic mass is 10.2. The summed E-state index contributed by atoms with van der Waals surface area (Å²) in [6, 6.07) is 13.5. The van der Waals surface area contributed by atoms with E-state index in [0.717, 1.165) is 26.6 Å². The quantitative estimate of drug-likeness (QED) is 0.363. The number of aromatic nitrogens is 2. The zero-order chi connectivity index (χ0) is 23.5. The van der Waals surface area contributed by atoms with Gasteiger partial charge in [0.25, 0.3) is 17.4 Å². The van der Waals surface area contributed by atoms with Crippen LogP contribution in [-0.4, -0.2) is 21.2 Å². The Morgan fingerprint density at radius 2 is 1.64 bits per heavy atom. The number of nitrogens with zero attached hydrogens (tertiary/aromatic N) is 2. The summed E-state index contributed by atoms with van der Waals surface area (Å²) in [5.41, 5.74) is 0.884. The van der Waals surface area contributed by atoms with Gasteiger partial charge in [0.05, 0.1) is 0 Å². The molecule has 0 aliphatic carbocycles. The first-order valence-corrected chi connectivity index (χ1v) is 11.7. The monoisotopic (exact) mass is 528 g/mol. The van der Waals surface area contributed by atoms with E-state index < -0.39 is 23.2 Å². The molecule has 0 aliphatic rings. The first-order valence-electron chi connectivity index (χ1n) is 10.0. The van der Waals surface area contributed by atoms with E-state index in [1.54, 1.807) is 24.3 Å². The number of carbonyl (C=O) groups is 2. The van der Waals surface area contributed by atoms with Gasteiger partial charge in [-0.2, -0.15) is 0 Å². The van der Waals surface area contributed by atoms with Crippen molar-refractivity contribution in [1.82, 2.24) is 9.38 Å². The Kier molecular flexibility index (Phi) is 6.66. The van der Waals surface area contributed by atoms with E-state index in [1.165, 1.54) is 30.3 Å². The van der Waals surface area contributed by atoms with E-state index in [9.17, 15) is 18.8 Å². The zero-order valence-electron chi connectivity index (χ0n) is 17.4. The van der Waals surface area contributed by atoms with Crippen molar-refractivity contribution in [3.05, 3.63) is 91.5 Å². The molecule has 168 valence electrons. The molecule has 7 nitrogen and oxygen atoms in total. The number of carbonyl (C=O) groups excluding carboxylic acids is 2. The van der Waals surface area contributed by atoms with Gasteiger partial charge in [-0.3, -0.25) is 14.4 Å². The average molecular weight is 529 g/mol. The number of aryl methyl sites for hydroxylation is 1. The van der Waals surface area contributed by atoms with Gasteiger partial charge in [-0.05, 0) is 55.0 Å². The van der Waals surface area contributed by atoms with Crippen LogP contribution in [0.1, 0.15) is 39.2 Å². The summed E-state index contributed by atoms with van der Waals surface area (Å²) in [5, 5.41) is 5.37. The van der Waals surface area contributed by atoms with Crippen molar-refractivity contribution in [2.45, 2.75) is 19.8 Å². The van der Waals surface area contributed by atoms with E-state index in [2.05, 4.69) is 31.5 Å². The predicted octanol–water partition coefficient (Wildman–Crippen LogP) is 5.11. The molecular formula is C23H18BrFN4O3S. The smallest absolute Gasteiger partial charge is 0.274 e. The number of benzene rings is 2. The number of fused-ring (bicyclic) bond motifs is 1. The van der Waals surface area contributed by atoms with E-state index in [1.807, 2.05) is 6.92 Å². The molecule has 2 aromatic heterocycles. The van der Waals surface area contributed by atoms with Crippen LogP contribution in [0.4, 0.5) is 15.8 Å². The Labute approximate surface area is 200 Å². The minimum absolute atomic E-state index is 0.0205. The number of nitrogens with one attached hydrogen (secondary N) is 2.